The normalized spacial score (nSPS) is 16.5. The Bertz CT molecular complexity index is 1070. The first kappa shape index (κ1) is 21.1. The Balaban J connectivity index is 1.56. The van der Waals surface area contributed by atoms with Crippen molar-refractivity contribution < 1.29 is 9.53 Å². The van der Waals surface area contributed by atoms with E-state index >= 15 is 0 Å². The number of nitrogens with zero attached hydrogens (tertiary/aromatic N) is 3. The highest BCUT2D eigenvalue weighted by Crippen LogP contribution is 2.31. The summed E-state index contributed by atoms with van der Waals surface area (Å²) in [5, 5.41) is 7.24. The summed E-state index contributed by atoms with van der Waals surface area (Å²) in [4.78, 5) is 19.8. The van der Waals surface area contributed by atoms with E-state index < -0.39 is 0 Å². The number of pyridine rings is 1. The van der Waals surface area contributed by atoms with E-state index in [1.54, 1.807) is 7.11 Å². The first-order chi connectivity index (χ1) is 14.9. The second-order valence-corrected chi connectivity index (χ2v) is 8.61. The highest BCUT2D eigenvalue weighted by molar-refractivity contribution is 5.92. The Morgan fingerprint density at radius 2 is 2.03 bits per heavy atom. The molecule has 0 bridgehead atoms. The summed E-state index contributed by atoms with van der Waals surface area (Å²) >= 11 is 0. The molecule has 1 amide bonds. The number of aromatic nitrogens is 3. The third-order valence-electron chi connectivity index (χ3n) is 5.94. The van der Waals surface area contributed by atoms with Gasteiger partial charge < -0.3 is 9.64 Å². The number of nitrogens with one attached hydrogen (secondary N) is 1. The summed E-state index contributed by atoms with van der Waals surface area (Å²) in [5.74, 6) is 1.36. The highest BCUT2D eigenvalue weighted by Gasteiger charge is 2.28. The SMILES string of the molecule is COc1cccc(-c2cc(C)nc([C@@H]3CCCN(C(=O)c4cc(C(C)C)[nH]n4)C3)c2)c1. The van der Waals surface area contributed by atoms with Crippen LogP contribution < -0.4 is 4.74 Å². The van der Waals surface area contributed by atoms with E-state index in [2.05, 4.69) is 42.2 Å². The predicted octanol–water partition coefficient (Wildman–Crippen LogP) is 4.93. The number of likely N-dealkylation sites (tertiary alicyclic amines) is 1. The zero-order valence-electron chi connectivity index (χ0n) is 18.7. The van der Waals surface area contributed by atoms with E-state index in [0.717, 1.165) is 53.3 Å². The highest BCUT2D eigenvalue weighted by atomic mass is 16.5. The fourth-order valence-corrected chi connectivity index (χ4v) is 4.18. The molecular weight excluding hydrogens is 388 g/mol. The van der Waals surface area contributed by atoms with Gasteiger partial charge in [-0.05, 0) is 67.1 Å². The number of aryl methyl sites for hydroxylation is 1. The molecule has 1 atom stereocenters. The second kappa shape index (κ2) is 8.92. The maximum Gasteiger partial charge on any atom is 0.274 e. The second-order valence-electron chi connectivity index (χ2n) is 8.61. The number of carbonyl (C=O) groups is 1. The number of rotatable bonds is 5. The van der Waals surface area contributed by atoms with Crippen LogP contribution in [0.3, 0.4) is 0 Å². The van der Waals surface area contributed by atoms with Gasteiger partial charge in [0.15, 0.2) is 0 Å². The van der Waals surface area contributed by atoms with Crippen LogP contribution in [-0.4, -0.2) is 46.2 Å². The lowest BCUT2D eigenvalue weighted by Crippen LogP contribution is -2.39. The van der Waals surface area contributed by atoms with Crippen LogP contribution in [-0.2, 0) is 0 Å². The summed E-state index contributed by atoms with van der Waals surface area (Å²) in [5.41, 5.74) is 5.73. The molecule has 1 saturated heterocycles. The predicted molar refractivity (Wildman–Crippen MR) is 122 cm³/mol. The maximum absolute atomic E-state index is 13.0. The van der Waals surface area contributed by atoms with Crippen LogP contribution in [0.1, 0.15) is 66.1 Å². The molecule has 31 heavy (non-hydrogen) atoms. The van der Waals surface area contributed by atoms with Crippen LogP contribution in [0.2, 0.25) is 0 Å². The molecule has 0 unspecified atom stereocenters. The molecule has 1 aliphatic rings. The van der Waals surface area contributed by atoms with Crippen LogP contribution >= 0.6 is 0 Å². The molecule has 1 fully saturated rings. The van der Waals surface area contributed by atoms with Crippen LogP contribution in [0, 0.1) is 6.92 Å². The van der Waals surface area contributed by atoms with Gasteiger partial charge in [0, 0.05) is 36.1 Å². The minimum Gasteiger partial charge on any atom is -0.497 e. The molecule has 3 aromatic rings. The van der Waals surface area contributed by atoms with E-state index in [1.807, 2.05) is 36.1 Å². The average molecular weight is 419 g/mol. The largest absolute Gasteiger partial charge is 0.497 e. The van der Waals surface area contributed by atoms with Gasteiger partial charge in [-0.2, -0.15) is 5.10 Å². The number of amides is 1. The van der Waals surface area contributed by atoms with Crippen LogP contribution in [0.4, 0.5) is 0 Å². The summed E-state index contributed by atoms with van der Waals surface area (Å²) in [6.07, 6.45) is 1.98. The summed E-state index contributed by atoms with van der Waals surface area (Å²) in [6, 6.07) is 14.2. The summed E-state index contributed by atoms with van der Waals surface area (Å²) in [6.45, 7) is 7.62. The Labute approximate surface area is 183 Å². The minimum absolute atomic E-state index is 0.00600. The fraction of sp³-hybridized carbons (Fsp3) is 0.400. The van der Waals surface area contributed by atoms with E-state index in [-0.39, 0.29) is 11.8 Å². The fourth-order valence-electron chi connectivity index (χ4n) is 4.18. The van der Waals surface area contributed by atoms with E-state index in [4.69, 9.17) is 9.72 Å². The van der Waals surface area contributed by atoms with Crippen LogP contribution in [0.15, 0.2) is 42.5 Å². The number of piperidine rings is 1. The molecular formula is C25H30N4O2. The Morgan fingerprint density at radius 1 is 1.19 bits per heavy atom. The number of carbonyl (C=O) groups excluding carboxylic acids is 1. The molecule has 0 radical (unpaired) electrons. The van der Waals surface area contributed by atoms with Gasteiger partial charge in [-0.15, -0.1) is 0 Å². The van der Waals surface area contributed by atoms with E-state index in [1.165, 1.54) is 0 Å². The average Bonchev–Trinajstić information content (AvgIpc) is 3.29. The number of hydrogen-bond donors (Lipinski definition) is 1. The molecule has 0 spiro atoms. The third kappa shape index (κ3) is 4.63. The number of aromatic amines is 1. The number of benzene rings is 1. The van der Waals surface area contributed by atoms with Crippen LogP contribution in [0.5, 0.6) is 5.75 Å². The number of methoxy groups -OCH3 is 1. The first-order valence-corrected chi connectivity index (χ1v) is 10.9. The Hall–Kier alpha value is -3.15. The lowest BCUT2D eigenvalue weighted by molar-refractivity contribution is 0.0700. The zero-order valence-corrected chi connectivity index (χ0v) is 18.7. The van der Waals surface area contributed by atoms with Gasteiger partial charge in [-0.1, -0.05) is 26.0 Å². The van der Waals surface area contributed by atoms with Crippen molar-refractivity contribution in [3.8, 4) is 16.9 Å². The smallest absolute Gasteiger partial charge is 0.274 e. The Kier molecular flexibility index (Phi) is 6.07. The molecule has 6 heteroatoms. The van der Waals surface area contributed by atoms with E-state index in [0.29, 0.717) is 18.2 Å². The van der Waals surface area contributed by atoms with Gasteiger partial charge in [-0.25, -0.2) is 0 Å². The molecule has 1 aliphatic heterocycles. The van der Waals surface area contributed by atoms with Crippen molar-refractivity contribution in [3.05, 3.63) is 65.2 Å². The van der Waals surface area contributed by atoms with Gasteiger partial charge >= 0.3 is 0 Å². The number of H-pyrrole nitrogens is 1. The molecule has 1 aromatic carbocycles. The topological polar surface area (TPSA) is 71.1 Å². The minimum atomic E-state index is -0.00600. The monoisotopic (exact) mass is 418 g/mol. The van der Waals surface area contributed by atoms with Crippen molar-refractivity contribution in [1.82, 2.24) is 20.1 Å². The summed E-state index contributed by atoms with van der Waals surface area (Å²) in [7, 11) is 1.68. The third-order valence-corrected chi connectivity index (χ3v) is 5.94. The molecule has 162 valence electrons. The quantitative estimate of drug-likeness (QED) is 0.638. The van der Waals surface area contributed by atoms with Gasteiger partial charge in [0.25, 0.3) is 5.91 Å². The van der Waals surface area contributed by atoms with Gasteiger partial charge in [0.05, 0.1) is 7.11 Å². The van der Waals surface area contributed by atoms with Gasteiger partial charge in [-0.3, -0.25) is 14.9 Å². The standard InChI is InChI=1S/C25H30N4O2/c1-16(2)22-14-24(28-27-22)25(30)29-10-6-8-19(15-29)23-13-20(11-17(3)26-23)18-7-5-9-21(12-18)31-4/h5,7,9,11-14,16,19H,6,8,10,15H2,1-4H3,(H,27,28)/t19-/m1/s1. The van der Waals surface area contributed by atoms with Crippen molar-refractivity contribution in [2.45, 2.75) is 45.4 Å². The molecule has 3 heterocycles. The molecule has 1 N–H and O–H groups in total. The van der Waals surface area contributed by atoms with Crippen molar-refractivity contribution in [2.24, 2.45) is 0 Å². The first-order valence-electron chi connectivity index (χ1n) is 10.9. The Morgan fingerprint density at radius 3 is 2.77 bits per heavy atom. The van der Waals surface area contributed by atoms with Gasteiger partial charge in [0.1, 0.15) is 11.4 Å². The molecule has 6 nitrogen and oxygen atoms in total. The molecule has 0 saturated carbocycles. The lowest BCUT2D eigenvalue weighted by Gasteiger charge is -2.32. The van der Waals surface area contributed by atoms with Crippen molar-refractivity contribution in [3.63, 3.8) is 0 Å². The zero-order chi connectivity index (χ0) is 22.0. The summed E-state index contributed by atoms with van der Waals surface area (Å²) < 4.78 is 5.38. The molecule has 4 rings (SSSR count). The number of hydrogen-bond acceptors (Lipinski definition) is 4. The van der Waals surface area contributed by atoms with Crippen LogP contribution in [0.25, 0.3) is 11.1 Å². The van der Waals surface area contributed by atoms with Gasteiger partial charge in [0.2, 0.25) is 0 Å². The number of ether oxygens (including phenoxy) is 1. The van der Waals surface area contributed by atoms with Crippen molar-refractivity contribution in [2.75, 3.05) is 20.2 Å². The van der Waals surface area contributed by atoms with Crippen molar-refractivity contribution >= 4 is 5.91 Å². The lowest BCUT2D eigenvalue weighted by atomic mass is 9.92. The van der Waals surface area contributed by atoms with E-state index in [9.17, 15) is 4.79 Å². The maximum atomic E-state index is 13.0. The molecule has 2 aromatic heterocycles. The van der Waals surface area contributed by atoms with Crippen molar-refractivity contribution in [1.29, 1.82) is 0 Å². The molecule has 0 aliphatic carbocycles.